The number of amides is 2. The maximum absolute atomic E-state index is 12.9. The zero-order chi connectivity index (χ0) is 22.6. The maximum atomic E-state index is 12.9. The van der Waals surface area contributed by atoms with Crippen molar-refractivity contribution in [2.45, 2.75) is 38.0 Å². The molecule has 10 heteroatoms. The predicted molar refractivity (Wildman–Crippen MR) is 117 cm³/mol. The van der Waals surface area contributed by atoms with Gasteiger partial charge in [-0.15, -0.1) is 0 Å². The van der Waals surface area contributed by atoms with Crippen LogP contribution in [0, 0.1) is 0 Å². The Morgan fingerprint density at radius 3 is 2.61 bits per heavy atom. The van der Waals surface area contributed by atoms with Crippen molar-refractivity contribution in [1.82, 2.24) is 19.5 Å². The molecule has 0 bridgehead atoms. The van der Waals surface area contributed by atoms with E-state index in [0.717, 1.165) is 13.0 Å². The fourth-order valence-corrected chi connectivity index (χ4v) is 5.23. The Hall–Kier alpha value is -2.72. The average molecular weight is 449 g/mol. The van der Waals surface area contributed by atoms with Crippen molar-refractivity contribution < 1.29 is 18.0 Å². The van der Waals surface area contributed by atoms with Gasteiger partial charge in [-0.3, -0.25) is 14.4 Å². The van der Waals surface area contributed by atoms with Gasteiger partial charge in [0.2, 0.25) is 21.4 Å². The van der Waals surface area contributed by atoms with Gasteiger partial charge in [-0.1, -0.05) is 13.8 Å². The van der Waals surface area contributed by atoms with Crippen LogP contribution in [0.5, 0.6) is 0 Å². The molecule has 1 aliphatic rings. The number of benzene rings is 1. The summed E-state index contributed by atoms with van der Waals surface area (Å²) in [6, 6.07) is 4.30. The van der Waals surface area contributed by atoms with Gasteiger partial charge >= 0.3 is 0 Å². The van der Waals surface area contributed by atoms with Crippen LogP contribution in [0.1, 0.15) is 43.5 Å². The molecule has 1 aromatic heterocycles. The van der Waals surface area contributed by atoms with Crippen LogP contribution in [0.25, 0.3) is 10.9 Å². The van der Waals surface area contributed by atoms with Crippen LogP contribution in [0.15, 0.2) is 34.1 Å². The minimum atomic E-state index is -3.72. The Labute approximate surface area is 181 Å². The third kappa shape index (κ3) is 4.80. The monoisotopic (exact) mass is 448 g/mol. The normalized spacial score (nSPS) is 14.5. The lowest BCUT2D eigenvalue weighted by Crippen LogP contribution is -2.33. The summed E-state index contributed by atoms with van der Waals surface area (Å²) in [6.45, 7) is 5.78. The second-order valence-corrected chi connectivity index (χ2v) is 9.36. The molecule has 0 spiro atoms. The molecule has 0 aliphatic carbocycles. The van der Waals surface area contributed by atoms with E-state index in [1.165, 1.54) is 28.7 Å². The number of carbonyl (C=O) groups is 2. The zero-order valence-corrected chi connectivity index (χ0v) is 18.6. The van der Waals surface area contributed by atoms with Crippen molar-refractivity contribution in [3.8, 4) is 0 Å². The lowest BCUT2D eigenvalue weighted by molar-refractivity contribution is -0.127. The van der Waals surface area contributed by atoms with Gasteiger partial charge in [0.1, 0.15) is 5.56 Å². The number of carbonyl (C=O) groups excluding carboxylic acids is 2. The molecule has 1 saturated heterocycles. The minimum absolute atomic E-state index is 0.0158. The predicted octanol–water partition coefficient (Wildman–Crippen LogP) is 1.30. The topological polar surface area (TPSA) is 120 Å². The highest BCUT2D eigenvalue weighted by atomic mass is 32.2. The summed E-state index contributed by atoms with van der Waals surface area (Å²) in [4.78, 5) is 41.7. The Morgan fingerprint density at radius 2 is 1.97 bits per heavy atom. The standard InChI is InChI=1S/C21H28N4O5S/c1-3-25(4-2)31(29,30)15-8-9-18-16(13-15)20(27)17(14-23-18)21(28)22-10-6-12-24-11-5-7-19(24)26/h8-9,13-14H,3-7,10-12H2,1-2H3,(H,22,28)(H,23,27). The summed E-state index contributed by atoms with van der Waals surface area (Å²) < 4.78 is 26.9. The fraction of sp³-hybridized carbons (Fsp3) is 0.476. The fourth-order valence-electron chi connectivity index (χ4n) is 3.75. The maximum Gasteiger partial charge on any atom is 0.256 e. The molecule has 3 rings (SSSR count). The number of nitrogens with one attached hydrogen (secondary N) is 2. The van der Waals surface area contributed by atoms with Crippen molar-refractivity contribution in [3.05, 3.63) is 40.2 Å². The number of pyridine rings is 1. The highest BCUT2D eigenvalue weighted by Gasteiger charge is 2.23. The molecule has 0 saturated carbocycles. The van der Waals surface area contributed by atoms with Crippen LogP contribution in [0.2, 0.25) is 0 Å². The Morgan fingerprint density at radius 1 is 1.23 bits per heavy atom. The minimum Gasteiger partial charge on any atom is -0.360 e. The van der Waals surface area contributed by atoms with Crippen molar-refractivity contribution in [1.29, 1.82) is 0 Å². The van der Waals surface area contributed by atoms with Gasteiger partial charge < -0.3 is 15.2 Å². The van der Waals surface area contributed by atoms with Gasteiger partial charge in [0.15, 0.2) is 0 Å². The summed E-state index contributed by atoms with van der Waals surface area (Å²) in [7, 11) is -3.72. The molecule has 1 fully saturated rings. The van der Waals surface area contributed by atoms with Crippen molar-refractivity contribution in [2.24, 2.45) is 0 Å². The van der Waals surface area contributed by atoms with E-state index in [4.69, 9.17) is 0 Å². The van der Waals surface area contributed by atoms with E-state index in [0.29, 0.717) is 44.5 Å². The molecule has 0 unspecified atom stereocenters. The second-order valence-electron chi connectivity index (χ2n) is 7.42. The molecule has 9 nitrogen and oxygen atoms in total. The Kier molecular flexibility index (Phi) is 7.11. The average Bonchev–Trinajstić information content (AvgIpc) is 3.16. The van der Waals surface area contributed by atoms with Crippen LogP contribution in [0.4, 0.5) is 0 Å². The summed E-state index contributed by atoms with van der Waals surface area (Å²) in [6.07, 6.45) is 3.37. The highest BCUT2D eigenvalue weighted by molar-refractivity contribution is 7.89. The summed E-state index contributed by atoms with van der Waals surface area (Å²) in [5, 5.41) is 2.84. The van der Waals surface area contributed by atoms with Crippen LogP contribution >= 0.6 is 0 Å². The number of sulfonamides is 1. The second kappa shape index (κ2) is 9.61. The van der Waals surface area contributed by atoms with E-state index < -0.39 is 21.4 Å². The molecule has 31 heavy (non-hydrogen) atoms. The van der Waals surface area contributed by atoms with Gasteiger partial charge in [0.05, 0.1) is 4.90 Å². The third-order valence-corrected chi connectivity index (χ3v) is 7.55. The number of H-pyrrole nitrogens is 1. The SMILES string of the molecule is CCN(CC)S(=O)(=O)c1ccc2[nH]cc(C(=O)NCCCN3CCCC3=O)c(=O)c2c1. The number of aromatic amines is 1. The van der Waals surface area contributed by atoms with Gasteiger partial charge in [0.25, 0.3) is 5.91 Å². The van der Waals surface area contributed by atoms with E-state index in [1.54, 1.807) is 18.7 Å². The highest BCUT2D eigenvalue weighted by Crippen LogP contribution is 2.19. The van der Waals surface area contributed by atoms with Gasteiger partial charge in [0, 0.05) is 56.2 Å². The van der Waals surface area contributed by atoms with Gasteiger partial charge in [-0.25, -0.2) is 8.42 Å². The van der Waals surface area contributed by atoms with E-state index in [1.807, 2.05) is 0 Å². The van der Waals surface area contributed by atoms with Crippen LogP contribution in [-0.2, 0) is 14.8 Å². The van der Waals surface area contributed by atoms with Crippen molar-refractivity contribution >= 4 is 32.7 Å². The molecule has 2 aromatic rings. The largest absolute Gasteiger partial charge is 0.360 e. The first-order valence-electron chi connectivity index (χ1n) is 10.5. The Balaban J connectivity index is 1.77. The van der Waals surface area contributed by atoms with Gasteiger partial charge in [-0.05, 0) is 31.0 Å². The summed E-state index contributed by atoms with van der Waals surface area (Å²) >= 11 is 0. The molecule has 2 heterocycles. The van der Waals surface area contributed by atoms with Gasteiger partial charge in [-0.2, -0.15) is 4.31 Å². The molecule has 168 valence electrons. The quantitative estimate of drug-likeness (QED) is 0.561. The number of hydrogen-bond acceptors (Lipinski definition) is 5. The van der Waals surface area contributed by atoms with Crippen LogP contribution < -0.4 is 10.7 Å². The van der Waals surface area contributed by atoms with Crippen molar-refractivity contribution in [3.63, 3.8) is 0 Å². The molecular formula is C21H28N4O5S. The molecular weight excluding hydrogens is 420 g/mol. The molecule has 0 atom stereocenters. The number of likely N-dealkylation sites (tertiary alicyclic amines) is 1. The molecule has 2 amide bonds. The number of hydrogen-bond donors (Lipinski definition) is 2. The van der Waals surface area contributed by atoms with E-state index >= 15 is 0 Å². The van der Waals surface area contributed by atoms with Crippen molar-refractivity contribution in [2.75, 3.05) is 32.7 Å². The first-order chi connectivity index (χ1) is 14.8. The van der Waals surface area contributed by atoms with Crippen LogP contribution in [0.3, 0.4) is 0 Å². The lowest BCUT2D eigenvalue weighted by Gasteiger charge is -2.18. The third-order valence-electron chi connectivity index (χ3n) is 5.50. The molecule has 1 aromatic carbocycles. The smallest absolute Gasteiger partial charge is 0.256 e. The molecule has 1 aliphatic heterocycles. The first kappa shape index (κ1) is 23.0. The summed E-state index contributed by atoms with van der Waals surface area (Å²) in [5.41, 5.74) is -0.160. The number of fused-ring (bicyclic) bond motifs is 1. The Bertz CT molecular complexity index is 1140. The number of nitrogens with zero attached hydrogens (tertiary/aromatic N) is 2. The molecule has 0 radical (unpaired) electrons. The summed E-state index contributed by atoms with van der Waals surface area (Å²) in [5.74, 6) is -0.402. The first-order valence-corrected chi connectivity index (χ1v) is 11.9. The van der Waals surface area contributed by atoms with E-state index in [-0.39, 0.29) is 21.8 Å². The number of aromatic nitrogens is 1. The van der Waals surface area contributed by atoms with E-state index in [9.17, 15) is 22.8 Å². The van der Waals surface area contributed by atoms with E-state index in [2.05, 4.69) is 10.3 Å². The zero-order valence-electron chi connectivity index (χ0n) is 17.8. The molecule has 2 N–H and O–H groups in total. The lowest BCUT2D eigenvalue weighted by atomic mass is 10.1. The van der Waals surface area contributed by atoms with Crippen LogP contribution in [-0.4, -0.2) is 67.1 Å². The number of rotatable bonds is 9.